The first kappa shape index (κ1) is 26.3. The van der Waals surface area contributed by atoms with Crippen molar-refractivity contribution >= 4 is 65.2 Å². The summed E-state index contributed by atoms with van der Waals surface area (Å²) in [5, 5.41) is 12.5. The lowest BCUT2D eigenvalue weighted by atomic mass is 9.34. The number of amides is 2. The number of hydrogen-bond donors (Lipinski definition) is 5. The van der Waals surface area contributed by atoms with E-state index in [1.807, 2.05) is 26.2 Å². The first-order valence-electron chi connectivity index (χ1n) is 14.1. The summed E-state index contributed by atoms with van der Waals surface area (Å²) in [5.41, 5.74) is 5.64. The maximum Gasteiger partial charge on any atom is 0.391 e. The van der Waals surface area contributed by atoms with Gasteiger partial charge in [0, 0.05) is 60.2 Å². The van der Waals surface area contributed by atoms with Crippen LogP contribution in [0.15, 0.2) is 24.5 Å². The molecule has 10 nitrogen and oxygen atoms in total. The van der Waals surface area contributed by atoms with Crippen LogP contribution in [0.25, 0.3) is 21.8 Å². The van der Waals surface area contributed by atoms with Gasteiger partial charge in [-0.3, -0.25) is 9.59 Å². The van der Waals surface area contributed by atoms with E-state index in [9.17, 15) is 24.5 Å². The highest BCUT2D eigenvalue weighted by molar-refractivity contribution is 7.39. The van der Waals surface area contributed by atoms with Crippen molar-refractivity contribution in [2.24, 2.45) is 10.8 Å². The fraction of sp³-hybridized carbons (Fsp3) is 0.400. The van der Waals surface area contributed by atoms with Crippen LogP contribution in [0.2, 0.25) is 0 Å². The third kappa shape index (κ3) is 3.26. The van der Waals surface area contributed by atoms with Gasteiger partial charge in [0.05, 0.1) is 33.2 Å². The molecule has 2 bridgehead atoms. The lowest BCUT2D eigenvalue weighted by Gasteiger charge is -2.69. The number of aromatic hydroxyl groups is 1. The van der Waals surface area contributed by atoms with Crippen LogP contribution in [0, 0.1) is 24.7 Å². The zero-order chi connectivity index (χ0) is 29.3. The minimum atomic E-state index is -2.66. The summed E-state index contributed by atoms with van der Waals surface area (Å²) in [6, 6.07) is 3.38. The molecule has 5 aliphatic rings. The van der Waals surface area contributed by atoms with Gasteiger partial charge < -0.3 is 39.2 Å². The summed E-state index contributed by atoms with van der Waals surface area (Å²) in [6.45, 7) is 4.93. The molecule has 2 aromatic carbocycles. The highest BCUT2D eigenvalue weighted by Gasteiger charge is 2.76. The van der Waals surface area contributed by atoms with Gasteiger partial charge in [0.1, 0.15) is 5.75 Å². The van der Waals surface area contributed by atoms with E-state index in [0.717, 1.165) is 45.1 Å². The summed E-state index contributed by atoms with van der Waals surface area (Å²) in [7, 11) is -2.66. The maximum absolute atomic E-state index is 14.2. The molecule has 1 atom stereocenters. The fourth-order valence-electron chi connectivity index (χ4n) is 8.38. The first-order valence-corrected chi connectivity index (χ1v) is 15.8. The number of fused-ring (bicyclic) bond motifs is 6. The summed E-state index contributed by atoms with van der Waals surface area (Å²) in [6.07, 6.45) is 5.91. The topological polar surface area (TPSA) is 142 Å². The van der Waals surface area contributed by atoms with Crippen molar-refractivity contribution in [1.82, 2.24) is 9.97 Å². The number of alkyl halides is 1. The van der Waals surface area contributed by atoms with Gasteiger partial charge in [-0.05, 0) is 61.8 Å². The molecule has 0 radical (unpaired) electrons. The van der Waals surface area contributed by atoms with Crippen molar-refractivity contribution in [3.05, 3.63) is 46.8 Å². The molecule has 3 fully saturated rings. The molecule has 4 heterocycles. The molecule has 218 valence electrons. The normalized spacial score (nSPS) is 25.6. The summed E-state index contributed by atoms with van der Waals surface area (Å²) >= 11 is 6.42. The number of nitrogens with zero attached hydrogens (tertiary/aromatic N) is 2. The van der Waals surface area contributed by atoms with Gasteiger partial charge in [-0.2, -0.15) is 0 Å². The lowest BCUT2D eigenvalue weighted by Crippen LogP contribution is -2.72. The van der Waals surface area contributed by atoms with Crippen LogP contribution in [0.1, 0.15) is 47.4 Å². The first-order chi connectivity index (χ1) is 20.1. The Bertz CT molecular complexity index is 1840. The Morgan fingerprint density at radius 3 is 2.31 bits per heavy atom. The van der Waals surface area contributed by atoms with E-state index in [0.29, 0.717) is 55.0 Å². The van der Waals surface area contributed by atoms with Crippen molar-refractivity contribution in [1.29, 1.82) is 0 Å². The highest BCUT2D eigenvalue weighted by Crippen LogP contribution is 2.75. The van der Waals surface area contributed by atoms with E-state index in [1.54, 1.807) is 21.9 Å². The molecule has 0 saturated heterocycles. The number of benzene rings is 2. The van der Waals surface area contributed by atoms with E-state index < -0.39 is 19.4 Å². The van der Waals surface area contributed by atoms with E-state index in [2.05, 4.69) is 9.97 Å². The van der Waals surface area contributed by atoms with E-state index in [-0.39, 0.29) is 29.2 Å². The quantitative estimate of drug-likeness (QED) is 0.160. The molecule has 5 N–H and O–H groups in total. The predicted octanol–water partition coefficient (Wildman–Crippen LogP) is 4.99. The molecule has 42 heavy (non-hydrogen) atoms. The van der Waals surface area contributed by atoms with Crippen LogP contribution in [-0.2, 0) is 16.0 Å². The molecule has 4 aromatic rings. The maximum atomic E-state index is 14.2. The molecule has 2 aliphatic heterocycles. The number of aromatic amines is 2. The largest absolute Gasteiger partial charge is 0.506 e. The van der Waals surface area contributed by atoms with Crippen LogP contribution in [0.3, 0.4) is 0 Å². The molecular formula is C30H30ClN4O6P. The predicted molar refractivity (Wildman–Crippen MR) is 160 cm³/mol. The number of carbonyl (C=O) groups excluding carboxylic acids is 2. The summed E-state index contributed by atoms with van der Waals surface area (Å²) in [5.74, 6) is 0.646. The molecule has 3 saturated carbocycles. The number of anilines is 2. The zero-order valence-electron chi connectivity index (χ0n) is 23.1. The van der Waals surface area contributed by atoms with E-state index >= 15 is 0 Å². The Balaban J connectivity index is 1.08. The lowest BCUT2D eigenvalue weighted by molar-refractivity contribution is -0.204. The van der Waals surface area contributed by atoms with Crippen LogP contribution in [0.5, 0.6) is 11.5 Å². The van der Waals surface area contributed by atoms with Crippen LogP contribution >= 0.6 is 20.2 Å². The van der Waals surface area contributed by atoms with Crippen LogP contribution in [0.4, 0.5) is 11.4 Å². The summed E-state index contributed by atoms with van der Waals surface area (Å²) < 4.78 is 5.37. The second-order valence-corrected chi connectivity index (χ2v) is 13.5. The van der Waals surface area contributed by atoms with Crippen LogP contribution in [-0.4, -0.2) is 55.6 Å². The number of rotatable bonds is 5. The second kappa shape index (κ2) is 8.63. The standard InChI is InChI=1S/C30H30ClN4O6P/c1-14-8-32-25-20(36)5-18-17(22(14)25)3-4-34(18)27(37)29-11-30(12-29,13-29)28(38)35-10-16(7-31)24-19(35)6-21(41-42(39)40)26-23(24)15(2)9-33-26/h5-6,8-9,16,32-33,36,39-40H,3-4,7,10-13H2,1-2H3. The Hall–Kier alpha value is -3.30. The number of aryl methyl sites for hydroxylation is 2. The van der Waals surface area contributed by atoms with Gasteiger partial charge in [-0.1, -0.05) is 0 Å². The van der Waals surface area contributed by atoms with Gasteiger partial charge >= 0.3 is 8.60 Å². The van der Waals surface area contributed by atoms with Crippen molar-refractivity contribution in [2.75, 3.05) is 28.8 Å². The number of carbonyl (C=O) groups is 2. The molecule has 3 aliphatic carbocycles. The molecule has 2 aromatic heterocycles. The number of phenols is 1. The minimum absolute atomic E-state index is 0.0242. The van der Waals surface area contributed by atoms with Gasteiger partial charge in [0.2, 0.25) is 11.8 Å². The Kier molecular flexibility index (Phi) is 5.41. The second-order valence-electron chi connectivity index (χ2n) is 12.6. The molecule has 0 spiro atoms. The molecule has 12 heteroatoms. The van der Waals surface area contributed by atoms with Crippen molar-refractivity contribution in [3.8, 4) is 11.5 Å². The van der Waals surface area contributed by atoms with Crippen molar-refractivity contribution in [2.45, 2.75) is 45.4 Å². The summed E-state index contributed by atoms with van der Waals surface area (Å²) in [4.78, 5) is 57.2. The van der Waals surface area contributed by atoms with Gasteiger partial charge in [-0.15, -0.1) is 11.6 Å². The highest BCUT2D eigenvalue weighted by atomic mass is 35.5. The average molecular weight is 609 g/mol. The number of halogens is 1. The number of H-pyrrole nitrogens is 2. The third-order valence-corrected chi connectivity index (χ3v) is 10.9. The Morgan fingerprint density at radius 2 is 1.64 bits per heavy atom. The fourth-order valence-corrected chi connectivity index (χ4v) is 8.95. The van der Waals surface area contributed by atoms with E-state index in [1.165, 1.54) is 0 Å². The monoisotopic (exact) mass is 608 g/mol. The molecular weight excluding hydrogens is 579 g/mol. The van der Waals surface area contributed by atoms with Gasteiger partial charge in [-0.25, -0.2) is 0 Å². The van der Waals surface area contributed by atoms with Gasteiger partial charge in [0.25, 0.3) is 0 Å². The van der Waals surface area contributed by atoms with Crippen molar-refractivity contribution < 1.29 is 29.0 Å². The zero-order valence-corrected chi connectivity index (χ0v) is 24.8. The minimum Gasteiger partial charge on any atom is -0.506 e. The number of hydrogen-bond acceptors (Lipinski definition) is 6. The van der Waals surface area contributed by atoms with Crippen molar-refractivity contribution in [3.63, 3.8) is 0 Å². The Labute approximate surface area is 247 Å². The number of nitrogens with one attached hydrogen (secondary N) is 2. The molecule has 1 unspecified atom stereocenters. The molecule has 9 rings (SSSR count). The third-order valence-electron chi connectivity index (χ3n) is 10.1. The smallest absolute Gasteiger partial charge is 0.391 e. The van der Waals surface area contributed by atoms with Crippen LogP contribution < -0.4 is 14.3 Å². The SMILES string of the molecule is Cc1c[nH]c2c(O)cc3c(c12)CCN3C(=O)C12CC(C(=O)N3CC(CCl)c4c3cc(OP(O)O)c3[nH]cc(C)c43)(C1)C2. The Morgan fingerprint density at radius 1 is 1.00 bits per heavy atom. The molecule has 2 amide bonds. The average Bonchev–Trinajstić information content (AvgIpc) is 3.66. The van der Waals surface area contributed by atoms with E-state index in [4.69, 9.17) is 16.1 Å². The number of aromatic nitrogens is 2. The van der Waals surface area contributed by atoms with Gasteiger partial charge in [0.15, 0.2) is 5.75 Å². The number of phenolic OH excluding ortho intramolecular Hbond substituents is 1.